The fourth-order valence-electron chi connectivity index (χ4n) is 1.81. The van der Waals surface area contributed by atoms with E-state index in [1.807, 2.05) is 0 Å². The highest BCUT2D eigenvalue weighted by molar-refractivity contribution is 5.91. The standard InChI is InChI=1S/C13H16N4O5/c1-7-11(10(12(18)21-5)17(2)16-7)22-13-14-8(19-3)6-9(15-13)20-4/h6H,1-5H3. The van der Waals surface area contributed by atoms with Gasteiger partial charge >= 0.3 is 12.0 Å². The van der Waals surface area contributed by atoms with Gasteiger partial charge in [0, 0.05) is 7.05 Å². The topological polar surface area (TPSA) is 97.6 Å². The molecule has 0 aromatic carbocycles. The number of carbonyl (C=O) groups excluding carboxylic acids is 1. The number of aromatic nitrogens is 4. The molecule has 0 spiro atoms. The summed E-state index contributed by atoms with van der Waals surface area (Å²) >= 11 is 0. The molecule has 22 heavy (non-hydrogen) atoms. The molecule has 2 aromatic heterocycles. The molecule has 0 N–H and O–H groups in total. The first-order valence-electron chi connectivity index (χ1n) is 6.27. The molecule has 0 radical (unpaired) electrons. The van der Waals surface area contributed by atoms with Crippen LogP contribution in [0.15, 0.2) is 6.07 Å². The first-order valence-corrected chi connectivity index (χ1v) is 6.27. The Balaban J connectivity index is 2.45. The summed E-state index contributed by atoms with van der Waals surface area (Å²) in [6.45, 7) is 1.69. The van der Waals surface area contributed by atoms with Crippen LogP contribution in [-0.2, 0) is 11.8 Å². The number of methoxy groups -OCH3 is 3. The van der Waals surface area contributed by atoms with Crippen LogP contribution in [-0.4, -0.2) is 47.0 Å². The monoisotopic (exact) mass is 308 g/mol. The van der Waals surface area contributed by atoms with Gasteiger partial charge in [-0.2, -0.15) is 15.1 Å². The first kappa shape index (κ1) is 15.5. The molecule has 0 aliphatic carbocycles. The normalized spacial score (nSPS) is 10.2. The van der Waals surface area contributed by atoms with E-state index in [1.165, 1.54) is 32.1 Å². The summed E-state index contributed by atoms with van der Waals surface area (Å²) in [4.78, 5) is 19.9. The highest BCUT2D eigenvalue weighted by Crippen LogP contribution is 2.29. The molecule has 0 aliphatic rings. The van der Waals surface area contributed by atoms with Crippen LogP contribution in [0.4, 0.5) is 0 Å². The van der Waals surface area contributed by atoms with E-state index in [0.717, 1.165) is 0 Å². The Morgan fingerprint density at radius 2 is 1.73 bits per heavy atom. The predicted molar refractivity (Wildman–Crippen MR) is 74.5 cm³/mol. The fourth-order valence-corrected chi connectivity index (χ4v) is 1.81. The lowest BCUT2D eigenvalue weighted by atomic mass is 10.3. The third-order valence-electron chi connectivity index (χ3n) is 2.82. The molecule has 0 aliphatic heterocycles. The van der Waals surface area contributed by atoms with Crippen molar-refractivity contribution < 1.29 is 23.7 Å². The van der Waals surface area contributed by atoms with Crippen molar-refractivity contribution in [1.82, 2.24) is 19.7 Å². The molecule has 2 rings (SSSR count). The lowest BCUT2D eigenvalue weighted by molar-refractivity contribution is 0.0585. The van der Waals surface area contributed by atoms with Crippen molar-refractivity contribution >= 4 is 5.97 Å². The van der Waals surface area contributed by atoms with Crippen molar-refractivity contribution in [3.05, 3.63) is 17.5 Å². The second-order valence-corrected chi connectivity index (χ2v) is 4.22. The summed E-state index contributed by atoms with van der Waals surface area (Å²) in [5, 5.41) is 4.13. The van der Waals surface area contributed by atoms with Gasteiger partial charge in [0.1, 0.15) is 5.69 Å². The van der Waals surface area contributed by atoms with Gasteiger partial charge in [0.15, 0.2) is 11.4 Å². The Hall–Kier alpha value is -2.84. The third kappa shape index (κ3) is 2.92. The molecule has 9 heteroatoms. The van der Waals surface area contributed by atoms with Crippen LogP contribution in [0.1, 0.15) is 16.2 Å². The number of nitrogens with zero attached hydrogens (tertiary/aromatic N) is 4. The maximum Gasteiger partial charge on any atom is 0.360 e. The number of esters is 1. The average Bonchev–Trinajstić information content (AvgIpc) is 2.80. The van der Waals surface area contributed by atoms with Crippen LogP contribution in [0, 0.1) is 6.92 Å². The average molecular weight is 308 g/mol. The first-order chi connectivity index (χ1) is 10.5. The smallest absolute Gasteiger partial charge is 0.360 e. The molecular weight excluding hydrogens is 292 g/mol. The molecule has 0 bridgehead atoms. The van der Waals surface area contributed by atoms with Crippen molar-refractivity contribution in [1.29, 1.82) is 0 Å². The molecule has 0 saturated carbocycles. The van der Waals surface area contributed by atoms with Gasteiger partial charge in [-0.05, 0) is 6.92 Å². The molecule has 0 saturated heterocycles. The fraction of sp³-hybridized carbons (Fsp3) is 0.385. The number of carbonyl (C=O) groups is 1. The highest BCUT2D eigenvalue weighted by atomic mass is 16.5. The van der Waals surface area contributed by atoms with Gasteiger partial charge < -0.3 is 18.9 Å². The minimum atomic E-state index is -0.576. The molecule has 9 nitrogen and oxygen atoms in total. The predicted octanol–water partition coefficient (Wildman–Crippen LogP) is 1.11. The molecule has 0 atom stereocenters. The van der Waals surface area contributed by atoms with Crippen LogP contribution >= 0.6 is 0 Å². The Labute approximate surface area is 126 Å². The van der Waals surface area contributed by atoms with E-state index in [-0.39, 0.29) is 29.2 Å². The number of rotatable bonds is 5. The van der Waals surface area contributed by atoms with E-state index in [2.05, 4.69) is 15.1 Å². The van der Waals surface area contributed by atoms with Crippen LogP contribution in [0.2, 0.25) is 0 Å². The Morgan fingerprint density at radius 1 is 1.14 bits per heavy atom. The SMILES string of the molecule is COC(=O)c1c(Oc2nc(OC)cc(OC)n2)c(C)nn1C. The Kier molecular flexibility index (Phi) is 4.44. The van der Waals surface area contributed by atoms with Crippen molar-refractivity contribution in [2.45, 2.75) is 6.92 Å². The van der Waals surface area contributed by atoms with Crippen LogP contribution in [0.25, 0.3) is 0 Å². The van der Waals surface area contributed by atoms with Gasteiger partial charge in [0.25, 0.3) is 0 Å². The molecule has 0 unspecified atom stereocenters. The Morgan fingerprint density at radius 3 is 2.23 bits per heavy atom. The maximum atomic E-state index is 11.9. The molecule has 2 aromatic rings. The van der Waals surface area contributed by atoms with Crippen molar-refractivity contribution in [3.63, 3.8) is 0 Å². The van der Waals surface area contributed by atoms with Gasteiger partial charge in [0.05, 0.1) is 27.4 Å². The maximum absolute atomic E-state index is 11.9. The quantitative estimate of drug-likeness (QED) is 0.758. The van der Waals surface area contributed by atoms with E-state index in [1.54, 1.807) is 14.0 Å². The second kappa shape index (κ2) is 6.29. The van der Waals surface area contributed by atoms with Gasteiger partial charge in [-0.25, -0.2) is 4.79 Å². The van der Waals surface area contributed by atoms with Gasteiger partial charge in [-0.3, -0.25) is 4.68 Å². The van der Waals surface area contributed by atoms with Gasteiger partial charge in [0.2, 0.25) is 11.8 Å². The van der Waals surface area contributed by atoms with Crippen LogP contribution in [0.5, 0.6) is 23.5 Å². The second-order valence-electron chi connectivity index (χ2n) is 4.22. The molecule has 0 amide bonds. The lowest BCUT2D eigenvalue weighted by Gasteiger charge is -2.08. The zero-order chi connectivity index (χ0) is 16.3. The van der Waals surface area contributed by atoms with E-state index in [9.17, 15) is 4.79 Å². The summed E-state index contributed by atoms with van der Waals surface area (Å²) in [6.07, 6.45) is 0. The number of ether oxygens (including phenoxy) is 4. The molecule has 2 heterocycles. The van der Waals surface area contributed by atoms with Crippen LogP contribution < -0.4 is 14.2 Å². The Bertz CT molecular complexity index is 676. The lowest BCUT2D eigenvalue weighted by Crippen LogP contribution is -2.10. The van der Waals surface area contributed by atoms with Gasteiger partial charge in [-0.15, -0.1) is 0 Å². The highest BCUT2D eigenvalue weighted by Gasteiger charge is 2.24. The summed E-state index contributed by atoms with van der Waals surface area (Å²) < 4.78 is 21.8. The number of hydrogen-bond donors (Lipinski definition) is 0. The van der Waals surface area contributed by atoms with E-state index < -0.39 is 5.97 Å². The summed E-state index contributed by atoms with van der Waals surface area (Å²) in [5.41, 5.74) is 0.652. The van der Waals surface area contributed by atoms with E-state index in [4.69, 9.17) is 18.9 Å². The number of hydrogen-bond acceptors (Lipinski definition) is 8. The van der Waals surface area contributed by atoms with E-state index in [0.29, 0.717) is 5.69 Å². The molecule has 0 fully saturated rings. The molecule has 118 valence electrons. The van der Waals surface area contributed by atoms with Gasteiger partial charge in [-0.1, -0.05) is 0 Å². The van der Waals surface area contributed by atoms with Crippen LogP contribution in [0.3, 0.4) is 0 Å². The zero-order valence-corrected chi connectivity index (χ0v) is 12.9. The van der Waals surface area contributed by atoms with Crippen molar-refractivity contribution in [2.75, 3.05) is 21.3 Å². The summed E-state index contributed by atoms with van der Waals surface area (Å²) in [6, 6.07) is 1.47. The summed E-state index contributed by atoms with van der Waals surface area (Å²) in [7, 11) is 5.81. The molecular formula is C13H16N4O5. The summed E-state index contributed by atoms with van der Waals surface area (Å²) in [5.74, 6) is 0.170. The minimum absolute atomic E-state index is 0.0301. The van der Waals surface area contributed by atoms with E-state index >= 15 is 0 Å². The zero-order valence-electron chi connectivity index (χ0n) is 12.9. The van der Waals surface area contributed by atoms with Crippen molar-refractivity contribution in [2.24, 2.45) is 7.05 Å². The largest absolute Gasteiger partial charge is 0.481 e. The minimum Gasteiger partial charge on any atom is -0.481 e. The number of aryl methyl sites for hydroxylation is 2. The van der Waals surface area contributed by atoms with Crippen molar-refractivity contribution in [3.8, 4) is 23.5 Å². The third-order valence-corrected chi connectivity index (χ3v) is 2.82.